The standard InChI is InChI=1S/C18H22ClNO2SSe/c1-18(2,3)22-17(21)20-15-9-10-23-16(15)11-13(19)12-24-14-7-5-4-6-8-14/h4-10,13H,11-12H2,1-3H3,(H,20,21). The maximum atomic E-state index is 11.9. The fourth-order valence-corrected chi connectivity index (χ4v) is 5.24. The first kappa shape index (κ1) is 19.3. The fourth-order valence-electron chi connectivity index (χ4n) is 1.99. The van der Waals surface area contributed by atoms with E-state index in [1.54, 1.807) is 11.3 Å². The van der Waals surface area contributed by atoms with Crippen LogP contribution in [0.3, 0.4) is 0 Å². The summed E-state index contributed by atoms with van der Waals surface area (Å²) < 4.78 is 6.66. The van der Waals surface area contributed by atoms with Crippen LogP contribution >= 0.6 is 22.9 Å². The Morgan fingerprint density at radius 2 is 2.00 bits per heavy atom. The molecule has 0 saturated heterocycles. The van der Waals surface area contributed by atoms with Gasteiger partial charge in [0.15, 0.2) is 0 Å². The molecule has 1 amide bonds. The third-order valence-corrected chi connectivity index (χ3v) is 7.09. The molecule has 0 aliphatic carbocycles. The average Bonchev–Trinajstić information content (AvgIpc) is 2.91. The summed E-state index contributed by atoms with van der Waals surface area (Å²) in [6.45, 7) is 5.55. The van der Waals surface area contributed by atoms with E-state index >= 15 is 0 Å². The van der Waals surface area contributed by atoms with Gasteiger partial charge in [-0.1, -0.05) is 0 Å². The van der Waals surface area contributed by atoms with Gasteiger partial charge < -0.3 is 0 Å². The van der Waals surface area contributed by atoms with E-state index in [0.717, 1.165) is 22.3 Å². The van der Waals surface area contributed by atoms with Crippen molar-refractivity contribution < 1.29 is 9.53 Å². The summed E-state index contributed by atoms with van der Waals surface area (Å²) in [4.78, 5) is 13.0. The number of thiophene rings is 1. The number of benzene rings is 1. The Hall–Kier alpha value is -1.00. The topological polar surface area (TPSA) is 38.3 Å². The van der Waals surface area contributed by atoms with Crippen LogP contribution in [-0.4, -0.2) is 32.0 Å². The van der Waals surface area contributed by atoms with E-state index in [1.165, 1.54) is 4.46 Å². The summed E-state index contributed by atoms with van der Waals surface area (Å²) in [6, 6.07) is 12.3. The van der Waals surface area contributed by atoms with Crippen LogP contribution in [0.4, 0.5) is 10.5 Å². The second-order valence-corrected chi connectivity index (χ2v) is 10.2. The Kier molecular flexibility index (Phi) is 7.17. The van der Waals surface area contributed by atoms with Gasteiger partial charge in [0.25, 0.3) is 0 Å². The molecule has 2 aromatic rings. The van der Waals surface area contributed by atoms with Gasteiger partial charge >= 0.3 is 159 Å². The fraction of sp³-hybridized carbons (Fsp3) is 0.389. The SMILES string of the molecule is CC(C)(C)OC(=O)Nc1ccsc1CC(Cl)C[Se]c1ccccc1. The predicted octanol–water partition coefficient (Wildman–Crippen LogP) is 4.69. The van der Waals surface area contributed by atoms with Gasteiger partial charge in [-0.05, 0) is 0 Å². The van der Waals surface area contributed by atoms with Gasteiger partial charge in [0.05, 0.1) is 0 Å². The van der Waals surface area contributed by atoms with E-state index in [9.17, 15) is 4.79 Å². The summed E-state index contributed by atoms with van der Waals surface area (Å²) in [5.74, 6) is 0. The minimum absolute atomic E-state index is 0.0584. The van der Waals surface area contributed by atoms with Gasteiger partial charge in [-0.2, -0.15) is 0 Å². The third kappa shape index (κ3) is 6.86. The number of halogens is 1. The number of hydrogen-bond acceptors (Lipinski definition) is 3. The first-order valence-electron chi connectivity index (χ1n) is 7.72. The van der Waals surface area contributed by atoms with E-state index in [-0.39, 0.29) is 5.38 Å². The molecule has 0 bridgehead atoms. The van der Waals surface area contributed by atoms with Crippen molar-refractivity contribution in [1.82, 2.24) is 0 Å². The molecule has 1 atom stereocenters. The van der Waals surface area contributed by atoms with Crippen LogP contribution in [0.1, 0.15) is 25.6 Å². The molecule has 0 radical (unpaired) electrons. The Labute approximate surface area is 158 Å². The van der Waals surface area contributed by atoms with Crippen LogP contribution in [0.15, 0.2) is 41.8 Å². The predicted molar refractivity (Wildman–Crippen MR) is 104 cm³/mol. The molecular formula is C18H22ClNO2SSe. The van der Waals surface area contributed by atoms with Crippen molar-refractivity contribution in [3.8, 4) is 0 Å². The molecule has 24 heavy (non-hydrogen) atoms. The van der Waals surface area contributed by atoms with Crippen LogP contribution in [0, 0.1) is 0 Å². The number of nitrogens with one attached hydrogen (secondary N) is 1. The van der Waals surface area contributed by atoms with Gasteiger partial charge in [0.1, 0.15) is 0 Å². The summed E-state index contributed by atoms with van der Waals surface area (Å²) in [6.07, 6.45) is 0.320. The van der Waals surface area contributed by atoms with E-state index < -0.39 is 11.7 Å². The Morgan fingerprint density at radius 1 is 1.29 bits per heavy atom. The van der Waals surface area contributed by atoms with Crippen molar-refractivity contribution in [3.63, 3.8) is 0 Å². The number of rotatable bonds is 6. The normalized spacial score (nSPS) is 12.7. The average molecular weight is 431 g/mol. The van der Waals surface area contributed by atoms with Crippen LogP contribution < -0.4 is 9.78 Å². The second kappa shape index (κ2) is 8.91. The molecule has 1 heterocycles. The number of amides is 1. The first-order valence-corrected chi connectivity index (χ1v) is 11.1. The zero-order valence-electron chi connectivity index (χ0n) is 14.0. The van der Waals surface area contributed by atoms with Gasteiger partial charge in [-0.25, -0.2) is 0 Å². The van der Waals surface area contributed by atoms with Crippen molar-refractivity contribution in [2.45, 2.75) is 43.5 Å². The Balaban J connectivity index is 1.86. The zero-order chi connectivity index (χ0) is 17.6. The number of hydrogen-bond donors (Lipinski definition) is 1. The van der Waals surface area contributed by atoms with Gasteiger partial charge in [0, 0.05) is 0 Å². The van der Waals surface area contributed by atoms with Crippen LogP contribution in [-0.2, 0) is 11.2 Å². The zero-order valence-corrected chi connectivity index (χ0v) is 17.3. The summed E-state index contributed by atoms with van der Waals surface area (Å²) >= 11 is 8.49. The molecule has 1 unspecified atom stereocenters. The van der Waals surface area contributed by atoms with Crippen LogP contribution in [0.5, 0.6) is 0 Å². The Bertz CT molecular complexity index is 655. The quantitative estimate of drug-likeness (QED) is 0.533. The van der Waals surface area contributed by atoms with Crippen molar-refractivity contribution in [2.24, 2.45) is 0 Å². The molecule has 2 rings (SSSR count). The molecular weight excluding hydrogens is 409 g/mol. The molecule has 0 aliphatic rings. The number of anilines is 1. The molecule has 1 aromatic carbocycles. The molecule has 1 aromatic heterocycles. The second-order valence-electron chi connectivity index (χ2n) is 6.31. The van der Waals surface area contributed by atoms with Crippen LogP contribution in [0.25, 0.3) is 0 Å². The molecule has 1 N–H and O–H groups in total. The number of carbonyl (C=O) groups excluding carboxylic acids is 1. The van der Waals surface area contributed by atoms with Crippen molar-refractivity contribution in [2.75, 3.05) is 5.32 Å². The van der Waals surface area contributed by atoms with E-state index in [2.05, 4.69) is 29.6 Å². The number of alkyl halides is 1. The molecule has 0 fully saturated rings. The third-order valence-electron chi connectivity index (χ3n) is 2.96. The van der Waals surface area contributed by atoms with Crippen molar-refractivity contribution in [3.05, 3.63) is 46.7 Å². The van der Waals surface area contributed by atoms with Crippen LogP contribution in [0.2, 0.25) is 5.32 Å². The summed E-state index contributed by atoms with van der Waals surface area (Å²) in [5, 5.41) is 5.81. The first-order chi connectivity index (χ1) is 11.3. The molecule has 130 valence electrons. The van der Waals surface area contributed by atoms with Crippen molar-refractivity contribution in [1.29, 1.82) is 0 Å². The van der Waals surface area contributed by atoms with E-state index in [0.29, 0.717) is 15.0 Å². The molecule has 6 heteroatoms. The van der Waals surface area contributed by atoms with Gasteiger partial charge in [-0.15, -0.1) is 0 Å². The molecule has 0 spiro atoms. The monoisotopic (exact) mass is 431 g/mol. The van der Waals surface area contributed by atoms with E-state index in [1.807, 2.05) is 38.3 Å². The maximum absolute atomic E-state index is 11.9. The number of carbonyl (C=O) groups is 1. The van der Waals surface area contributed by atoms with Gasteiger partial charge in [0.2, 0.25) is 0 Å². The molecule has 0 saturated carbocycles. The minimum atomic E-state index is -0.506. The van der Waals surface area contributed by atoms with Gasteiger partial charge in [-0.3, -0.25) is 0 Å². The Morgan fingerprint density at radius 3 is 2.67 bits per heavy atom. The number of ether oxygens (including phenoxy) is 1. The summed E-state index contributed by atoms with van der Waals surface area (Å²) in [7, 11) is 0. The van der Waals surface area contributed by atoms with Crippen molar-refractivity contribution >= 4 is 54.1 Å². The molecule has 3 nitrogen and oxygen atoms in total. The molecule has 0 aliphatic heterocycles. The summed E-state index contributed by atoms with van der Waals surface area (Å²) in [5.41, 5.74) is 0.292. The van der Waals surface area contributed by atoms with E-state index in [4.69, 9.17) is 16.3 Å².